The minimum Gasteiger partial charge on any atom is -0.463 e. The minimum atomic E-state index is -0.124. The Morgan fingerprint density at radius 1 is 0.895 bits per heavy atom. The van der Waals surface area contributed by atoms with E-state index in [2.05, 4.69) is 6.92 Å². The number of carbonyl (C=O) groups excluding carboxylic acids is 1. The Kier molecular flexibility index (Phi) is 15.5. The molecule has 0 bridgehead atoms. The Morgan fingerprint density at radius 2 is 1.47 bits per heavy atom. The zero-order valence-electron chi connectivity index (χ0n) is 12.3. The number of unbranched alkanes of at least 4 members (excludes halogenated alkanes) is 8. The Labute approximate surface area is 123 Å². The van der Waals surface area contributed by atoms with Crippen LogP contribution >= 0.6 is 11.6 Å². The lowest BCUT2D eigenvalue weighted by Crippen LogP contribution is -2.09. The molecule has 0 radical (unpaired) electrons. The van der Waals surface area contributed by atoms with Crippen LogP contribution in [0.5, 0.6) is 0 Å². The number of rotatable bonds is 14. The monoisotopic (exact) mass is 292 g/mol. The summed E-state index contributed by atoms with van der Waals surface area (Å²) in [5.74, 6) is -0.124. The van der Waals surface area contributed by atoms with Crippen molar-refractivity contribution in [3.8, 4) is 0 Å². The Hall–Kier alpha value is -0.280. The molecule has 0 rings (SSSR count). The van der Waals surface area contributed by atoms with Crippen molar-refractivity contribution in [3.05, 3.63) is 0 Å². The van der Waals surface area contributed by atoms with Gasteiger partial charge in [-0.3, -0.25) is 4.79 Å². The highest BCUT2D eigenvalue weighted by atomic mass is 35.5. The highest BCUT2D eigenvalue weighted by molar-refractivity contribution is 6.17. The van der Waals surface area contributed by atoms with Gasteiger partial charge in [0.15, 0.2) is 0 Å². The van der Waals surface area contributed by atoms with Gasteiger partial charge in [0.25, 0.3) is 0 Å². The summed E-state index contributed by atoms with van der Waals surface area (Å²) in [5.41, 5.74) is 0. The molecule has 114 valence electrons. The second-order valence-electron chi connectivity index (χ2n) is 4.82. The third kappa shape index (κ3) is 15.7. The van der Waals surface area contributed by atoms with Crippen LogP contribution in [0, 0.1) is 0 Å². The van der Waals surface area contributed by atoms with Crippen LogP contribution in [-0.4, -0.2) is 25.2 Å². The predicted molar refractivity (Wildman–Crippen MR) is 79.5 cm³/mol. The molecule has 0 fully saturated rings. The Morgan fingerprint density at radius 3 is 2.05 bits per heavy atom. The standard InChI is InChI=1S/C15H29ClO3/c1-2-3-4-5-6-7-8-9-10-11-15(17)19-13-12-18-14-16/h2-14H2,1H3. The first-order valence-electron chi connectivity index (χ1n) is 7.60. The second-order valence-corrected chi connectivity index (χ2v) is 5.03. The summed E-state index contributed by atoms with van der Waals surface area (Å²) in [6.45, 7) is 2.93. The van der Waals surface area contributed by atoms with Crippen molar-refractivity contribution in [1.29, 1.82) is 0 Å². The van der Waals surface area contributed by atoms with Gasteiger partial charge in [0.05, 0.1) is 6.61 Å². The van der Waals surface area contributed by atoms with Crippen LogP contribution < -0.4 is 0 Å². The van der Waals surface area contributed by atoms with Crippen molar-refractivity contribution in [2.75, 3.05) is 19.3 Å². The van der Waals surface area contributed by atoms with Crippen LogP contribution in [0.2, 0.25) is 0 Å². The van der Waals surface area contributed by atoms with Crippen LogP contribution in [0.25, 0.3) is 0 Å². The zero-order valence-corrected chi connectivity index (χ0v) is 13.1. The van der Waals surface area contributed by atoms with Gasteiger partial charge in [0.2, 0.25) is 0 Å². The minimum absolute atomic E-state index is 0.124. The number of ether oxygens (including phenoxy) is 2. The van der Waals surface area contributed by atoms with E-state index in [1.807, 2.05) is 0 Å². The van der Waals surface area contributed by atoms with E-state index in [0.29, 0.717) is 19.6 Å². The van der Waals surface area contributed by atoms with Crippen LogP contribution in [0.1, 0.15) is 71.1 Å². The van der Waals surface area contributed by atoms with Crippen LogP contribution in [-0.2, 0) is 14.3 Å². The smallest absolute Gasteiger partial charge is 0.305 e. The largest absolute Gasteiger partial charge is 0.463 e. The van der Waals surface area contributed by atoms with Crippen molar-refractivity contribution in [3.63, 3.8) is 0 Å². The molecule has 0 spiro atoms. The SMILES string of the molecule is CCCCCCCCCCCC(=O)OCCOCCl. The van der Waals surface area contributed by atoms with Crippen LogP contribution in [0.15, 0.2) is 0 Å². The van der Waals surface area contributed by atoms with E-state index >= 15 is 0 Å². The number of hydrogen-bond acceptors (Lipinski definition) is 3. The summed E-state index contributed by atoms with van der Waals surface area (Å²) in [5, 5.41) is 0. The molecule has 19 heavy (non-hydrogen) atoms. The molecule has 0 N–H and O–H groups in total. The van der Waals surface area contributed by atoms with E-state index in [9.17, 15) is 4.79 Å². The first kappa shape index (κ1) is 18.7. The molecule has 0 saturated carbocycles. The van der Waals surface area contributed by atoms with Crippen molar-refractivity contribution in [1.82, 2.24) is 0 Å². The van der Waals surface area contributed by atoms with Crippen molar-refractivity contribution in [2.24, 2.45) is 0 Å². The van der Waals surface area contributed by atoms with Crippen LogP contribution in [0.3, 0.4) is 0 Å². The predicted octanol–water partition coefficient (Wildman–Crippen LogP) is 4.66. The topological polar surface area (TPSA) is 35.5 Å². The number of halogens is 1. The third-order valence-electron chi connectivity index (χ3n) is 3.05. The molecule has 0 amide bonds. The maximum atomic E-state index is 11.3. The molecule has 0 aromatic carbocycles. The van der Waals surface area contributed by atoms with E-state index < -0.39 is 0 Å². The molecule has 0 saturated heterocycles. The van der Waals surface area contributed by atoms with Crippen LogP contribution in [0.4, 0.5) is 0 Å². The molecule has 0 aromatic heterocycles. The molecular formula is C15H29ClO3. The quantitative estimate of drug-likeness (QED) is 0.265. The lowest BCUT2D eigenvalue weighted by Gasteiger charge is -2.04. The van der Waals surface area contributed by atoms with E-state index in [0.717, 1.165) is 12.8 Å². The summed E-state index contributed by atoms with van der Waals surface area (Å²) in [6, 6.07) is 0.149. The third-order valence-corrected chi connectivity index (χ3v) is 3.21. The first-order chi connectivity index (χ1) is 9.31. The Balaban J connectivity index is 3.10. The van der Waals surface area contributed by atoms with E-state index in [4.69, 9.17) is 21.1 Å². The summed E-state index contributed by atoms with van der Waals surface area (Å²) in [6.07, 6.45) is 11.8. The van der Waals surface area contributed by atoms with Crippen molar-refractivity contribution >= 4 is 17.6 Å². The highest BCUT2D eigenvalue weighted by Crippen LogP contribution is 2.10. The molecule has 0 aromatic rings. The van der Waals surface area contributed by atoms with E-state index in [-0.39, 0.29) is 12.0 Å². The first-order valence-corrected chi connectivity index (χ1v) is 8.14. The fourth-order valence-corrected chi connectivity index (χ4v) is 2.03. The summed E-state index contributed by atoms with van der Waals surface area (Å²) >= 11 is 5.33. The van der Waals surface area contributed by atoms with Crippen molar-refractivity contribution in [2.45, 2.75) is 71.1 Å². The molecule has 0 aliphatic rings. The lowest BCUT2D eigenvalue weighted by atomic mass is 10.1. The Bertz CT molecular complexity index is 198. The number of alkyl halides is 1. The molecule has 0 aliphatic heterocycles. The number of hydrogen-bond donors (Lipinski definition) is 0. The van der Waals surface area contributed by atoms with Gasteiger partial charge in [-0.25, -0.2) is 0 Å². The van der Waals surface area contributed by atoms with E-state index in [1.54, 1.807) is 0 Å². The molecule has 0 atom stereocenters. The molecule has 0 heterocycles. The average Bonchev–Trinajstić information content (AvgIpc) is 2.42. The molecule has 3 nitrogen and oxygen atoms in total. The van der Waals surface area contributed by atoms with Gasteiger partial charge < -0.3 is 9.47 Å². The second kappa shape index (κ2) is 15.8. The van der Waals surface area contributed by atoms with Gasteiger partial charge in [0, 0.05) is 6.42 Å². The lowest BCUT2D eigenvalue weighted by molar-refractivity contribution is -0.145. The van der Waals surface area contributed by atoms with Gasteiger partial charge >= 0.3 is 5.97 Å². The zero-order chi connectivity index (χ0) is 14.2. The number of carbonyl (C=O) groups is 1. The van der Waals surface area contributed by atoms with Gasteiger partial charge in [-0.1, -0.05) is 69.9 Å². The maximum absolute atomic E-state index is 11.3. The van der Waals surface area contributed by atoms with Gasteiger partial charge in [-0.05, 0) is 6.42 Å². The summed E-state index contributed by atoms with van der Waals surface area (Å²) < 4.78 is 9.86. The fourth-order valence-electron chi connectivity index (χ4n) is 1.92. The normalized spacial score (nSPS) is 10.6. The van der Waals surface area contributed by atoms with Gasteiger partial charge in [-0.15, -0.1) is 0 Å². The highest BCUT2D eigenvalue weighted by Gasteiger charge is 2.02. The molecular weight excluding hydrogens is 264 g/mol. The summed E-state index contributed by atoms with van der Waals surface area (Å²) in [4.78, 5) is 11.3. The fraction of sp³-hybridized carbons (Fsp3) is 0.933. The van der Waals surface area contributed by atoms with Gasteiger partial charge in [-0.2, -0.15) is 0 Å². The molecule has 4 heteroatoms. The number of esters is 1. The average molecular weight is 293 g/mol. The molecule has 0 unspecified atom stereocenters. The maximum Gasteiger partial charge on any atom is 0.305 e. The summed E-state index contributed by atoms with van der Waals surface area (Å²) in [7, 11) is 0. The van der Waals surface area contributed by atoms with E-state index in [1.165, 1.54) is 44.9 Å². The molecule has 0 aliphatic carbocycles. The van der Waals surface area contributed by atoms with Crippen molar-refractivity contribution < 1.29 is 14.3 Å². The van der Waals surface area contributed by atoms with Gasteiger partial charge in [0.1, 0.15) is 12.7 Å².